The van der Waals surface area contributed by atoms with Crippen LogP contribution in [0.25, 0.3) is 11.3 Å². The Morgan fingerprint density at radius 2 is 1.40 bits per heavy atom. The Hall–Kier alpha value is -4.59. The van der Waals surface area contributed by atoms with E-state index in [4.69, 9.17) is 0 Å². The summed E-state index contributed by atoms with van der Waals surface area (Å²) in [7, 11) is 0. The smallest absolute Gasteiger partial charge is 0.224 e. The summed E-state index contributed by atoms with van der Waals surface area (Å²) in [6.07, 6.45) is 0.0137. The molecule has 1 aromatic heterocycles. The first-order valence-corrected chi connectivity index (χ1v) is 11.1. The van der Waals surface area contributed by atoms with Gasteiger partial charge in [-0.1, -0.05) is 36.4 Å². The van der Waals surface area contributed by atoms with Crippen LogP contribution < -0.4 is 16.0 Å². The molecule has 0 unspecified atom stereocenters. The fraction of sp³-hybridized carbons (Fsp3) is 0.111. The van der Waals surface area contributed by atoms with Crippen LogP contribution in [0.2, 0.25) is 0 Å². The molecule has 0 atom stereocenters. The molecule has 4 aromatic rings. The predicted octanol–water partition coefficient (Wildman–Crippen LogP) is 5.69. The van der Waals surface area contributed by atoms with Crippen LogP contribution in [0, 0.1) is 12.7 Å². The van der Waals surface area contributed by atoms with Gasteiger partial charge < -0.3 is 16.0 Å². The molecule has 3 aromatic carbocycles. The third kappa shape index (κ3) is 6.94. The van der Waals surface area contributed by atoms with E-state index >= 15 is 0 Å². The van der Waals surface area contributed by atoms with Crippen LogP contribution in [0.5, 0.6) is 0 Å². The van der Waals surface area contributed by atoms with Gasteiger partial charge in [0.05, 0.1) is 5.69 Å². The lowest BCUT2D eigenvalue weighted by atomic mass is 10.1. The maximum absolute atomic E-state index is 13.0. The van der Waals surface area contributed by atoms with Gasteiger partial charge in [-0.05, 0) is 49.4 Å². The summed E-state index contributed by atoms with van der Waals surface area (Å²) < 4.78 is 13.0. The maximum atomic E-state index is 13.0. The molecule has 1 heterocycles. The van der Waals surface area contributed by atoms with E-state index in [-0.39, 0.29) is 30.5 Å². The van der Waals surface area contributed by atoms with Crippen molar-refractivity contribution in [2.24, 2.45) is 0 Å². The molecular formula is C27H24FN5O2. The Morgan fingerprint density at radius 3 is 2.11 bits per heavy atom. The minimum atomic E-state index is -0.384. The van der Waals surface area contributed by atoms with Crippen molar-refractivity contribution in [2.75, 3.05) is 16.0 Å². The second-order valence-electron chi connectivity index (χ2n) is 7.86. The first-order chi connectivity index (χ1) is 16.9. The van der Waals surface area contributed by atoms with Gasteiger partial charge in [-0.2, -0.15) is 0 Å². The predicted molar refractivity (Wildman–Crippen MR) is 135 cm³/mol. The lowest BCUT2D eigenvalue weighted by Gasteiger charge is -2.11. The molecule has 8 heteroatoms. The minimum absolute atomic E-state index is 0.00360. The Labute approximate surface area is 202 Å². The fourth-order valence-corrected chi connectivity index (χ4v) is 3.42. The van der Waals surface area contributed by atoms with Crippen molar-refractivity contribution in [3.05, 3.63) is 96.6 Å². The van der Waals surface area contributed by atoms with E-state index in [0.717, 1.165) is 16.9 Å². The standard InChI is InChI=1S/C27H24FN5O2/c1-18-29-24(19-6-3-2-4-7-19)17-25(30-18)31-22-8-5-9-23(16-22)33-27(35)15-14-26(34)32-21-12-10-20(28)11-13-21/h2-13,16-17H,14-15H2,1H3,(H,32,34)(H,33,35)(H,29,30,31). The zero-order chi connectivity index (χ0) is 24.6. The first kappa shape index (κ1) is 23.6. The molecule has 0 fully saturated rings. The molecule has 0 aliphatic heterocycles. The molecule has 0 bridgehead atoms. The van der Waals surface area contributed by atoms with Crippen molar-refractivity contribution in [3.8, 4) is 11.3 Å². The quantitative estimate of drug-likeness (QED) is 0.308. The zero-order valence-electron chi connectivity index (χ0n) is 19.1. The van der Waals surface area contributed by atoms with Crippen molar-refractivity contribution in [1.82, 2.24) is 9.97 Å². The van der Waals surface area contributed by atoms with Gasteiger partial charge in [0.25, 0.3) is 0 Å². The molecule has 35 heavy (non-hydrogen) atoms. The average Bonchev–Trinajstić information content (AvgIpc) is 2.85. The van der Waals surface area contributed by atoms with Gasteiger partial charge in [-0.3, -0.25) is 9.59 Å². The van der Waals surface area contributed by atoms with Crippen molar-refractivity contribution < 1.29 is 14.0 Å². The highest BCUT2D eigenvalue weighted by Gasteiger charge is 2.09. The number of carbonyl (C=O) groups is 2. The largest absolute Gasteiger partial charge is 0.340 e. The normalized spacial score (nSPS) is 10.5. The number of hydrogen-bond donors (Lipinski definition) is 3. The molecule has 176 valence electrons. The second-order valence-corrected chi connectivity index (χ2v) is 7.86. The summed E-state index contributed by atoms with van der Waals surface area (Å²) in [6.45, 7) is 1.83. The topological polar surface area (TPSA) is 96.0 Å². The van der Waals surface area contributed by atoms with E-state index in [2.05, 4.69) is 25.9 Å². The van der Waals surface area contributed by atoms with E-state index in [1.165, 1.54) is 24.3 Å². The van der Waals surface area contributed by atoms with Gasteiger partial charge in [-0.15, -0.1) is 0 Å². The highest BCUT2D eigenvalue weighted by Crippen LogP contribution is 2.23. The Bertz CT molecular complexity index is 1330. The van der Waals surface area contributed by atoms with Crippen molar-refractivity contribution in [3.63, 3.8) is 0 Å². The third-order valence-corrected chi connectivity index (χ3v) is 5.03. The number of nitrogens with one attached hydrogen (secondary N) is 3. The number of benzene rings is 3. The van der Waals surface area contributed by atoms with Gasteiger partial charge in [0, 0.05) is 41.5 Å². The molecule has 7 nitrogen and oxygen atoms in total. The number of aromatic nitrogens is 2. The van der Waals surface area contributed by atoms with E-state index in [1.807, 2.05) is 55.5 Å². The van der Waals surface area contributed by atoms with Crippen molar-refractivity contribution in [2.45, 2.75) is 19.8 Å². The van der Waals surface area contributed by atoms with Gasteiger partial charge >= 0.3 is 0 Å². The summed E-state index contributed by atoms with van der Waals surface area (Å²) in [6, 6.07) is 24.4. The van der Waals surface area contributed by atoms with Gasteiger partial charge in [0.15, 0.2) is 0 Å². The number of rotatable bonds is 8. The van der Waals surface area contributed by atoms with E-state index in [9.17, 15) is 14.0 Å². The molecule has 2 amide bonds. The number of aryl methyl sites for hydroxylation is 1. The summed E-state index contributed by atoms with van der Waals surface area (Å²) in [5, 5.41) is 8.70. The number of halogens is 1. The van der Waals surface area contributed by atoms with Crippen LogP contribution >= 0.6 is 0 Å². The van der Waals surface area contributed by atoms with Gasteiger partial charge in [-0.25, -0.2) is 14.4 Å². The Kier molecular flexibility index (Phi) is 7.42. The molecule has 0 radical (unpaired) electrons. The Balaban J connectivity index is 1.34. The summed E-state index contributed by atoms with van der Waals surface area (Å²) >= 11 is 0. The first-order valence-electron chi connectivity index (χ1n) is 11.1. The van der Waals surface area contributed by atoms with Crippen LogP contribution in [-0.4, -0.2) is 21.8 Å². The van der Waals surface area contributed by atoms with Crippen molar-refractivity contribution >= 4 is 34.7 Å². The summed E-state index contributed by atoms with van der Waals surface area (Å²) in [5.74, 6) is 0.274. The number of hydrogen-bond acceptors (Lipinski definition) is 5. The van der Waals surface area contributed by atoms with Crippen LogP contribution in [0.1, 0.15) is 18.7 Å². The fourth-order valence-electron chi connectivity index (χ4n) is 3.42. The monoisotopic (exact) mass is 469 g/mol. The van der Waals surface area contributed by atoms with Crippen LogP contribution in [0.15, 0.2) is 84.9 Å². The molecule has 0 saturated carbocycles. The number of anilines is 4. The highest BCUT2D eigenvalue weighted by atomic mass is 19.1. The summed E-state index contributed by atoms with van der Waals surface area (Å²) in [4.78, 5) is 33.4. The van der Waals surface area contributed by atoms with Gasteiger partial charge in [0.2, 0.25) is 11.8 Å². The van der Waals surface area contributed by atoms with Gasteiger partial charge in [0.1, 0.15) is 17.5 Å². The second kappa shape index (κ2) is 11.0. The van der Waals surface area contributed by atoms with Crippen LogP contribution in [0.4, 0.5) is 27.3 Å². The molecule has 0 aliphatic rings. The zero-order valence-corrected chi connectivity index (χ0v) is 19.1. The lowest BCUT2D eigenvalue weighted by molar-refractivity contribution is -0.121. The molecule has 0 aliphatic carbocycles. The van der Waals surface area contributed by atoms with Crippen molar-refractivity contribution in [1.29, 1.82) is 0 Å². The van der Waals surface area contributed by atoms with E-state index in [0.29, 0.717) is 23.0 Å². The van der Waals surface area contributed by atoms with E-state index < -0.39 is 0 Å². The van der Waals surface area contributed by atoms with Crippen LogP contribution in [-0.2, 0) is 9.59 Å². The number of amides is 2. The molecule has 3 N–H and O–H groups in total. The number of nitrogens with zero attached hydrogens (tertiary/aromatic N) is 2. The Morgan fingerprint density at radius 1 is 0.743 bits per heavy atom. The lowest BCUT2D eigenvalue weighted by Crippen LogP contribution is -2.17. The summed E-state index contributed by atoms with van der Waals surface area (Å²) in [5.41, 5.74) is 3.61. The SMILES string of the molecule is Cc1nc(Nc2cccc(NC(=O)CCC(=O)Nc3ccc(F)cc3)c2)cc(-c2ccccc2)n1. The van der Waals surface area contributed by atoms with E-state index in [1.54, 1.807) is 12.1 Å². The third-order valence-electron chi connectivity index (χ3n) is 5.03. The highest BCUT2D eigenvalue weighted by molar-refractivity contribution is 5.97. The molecule has 0 spiro atoms. The average molecular weight is 470 g/mol. The molecule has 0 saturated heterocycles. The molecular weight excluding hydrogens is 445 g/mol. The molecule has 4 rings (SSSR count). The maximum Gasteiger partial charge on any atom is 0.224 e. The number of carbonyl (C=O) groups excluding carboxylic acids is 2. The minimum Gasteiger partial charge on any atom is -0.340 e. The van der Waals surface area contributed by atoms with Crippen LogP contribution in [0.3, 0.4) is 0 Å².